The molecule has 0 aliphatic carbocycles. The van der Waals surface area contributed by atoms with Crippen molar-refractivity contribution in [1.82, 2.24) is 10.6 Å². The van der Waals surface area contributed by atoms with E-state index in [-0.39, 0.29) is 18.9 Å². The molecule has 0 saturated carbocycles. The Balaban J connectivity index is 2.43. The van der Waals surface area contributed by atoms with E-state index in [1.54, 1.807) is 6.92 Å². The zero-order chi connectivity index (χ0) is 15.1. The van der Waals surface area contributed by atoms with Gasteiger partial charge in [0.15, 0.2) is 0 Å². The van der Waals surface area contributed by atoms with Crippen molar-refractivity contribution in [2.75, 3.05) is 0 Å². The summed E-state index contributed by atoms with van der Waals surface area (Å²) in [6.45, 7) is 1.78. The summed E-state index contributed by atoms with van der Waals surface area (Å²) in [6.07, 6.45) is -0.531. The summed E-state index contributed by atoms with van der Waals surface area (Å²) in [7, 11) is 0. The average Bonchev–Trinajstić information content (AvgIpc) is 2.36. The summed E-state index contributed by atoms with van der Waals surface area (Å²) >= 11 is 3.31. The number of urea groups is 1. The maximum atomic E-state index is 11.5. The van der Waals surface area contributed by atoms with Crippen molar-refractivity contribution in [2.45, 2.75) is 25.8 Å². The van der Waals surface area contributed by atoms with E-state index in [1.165, 1.54) is 0 Å². The number of benzene rings is 1. The predicted molar refractivity (Wildman–Crippen MR) is 76.1 cm³/mol. The third-order valence-electron chi connectivity index (χ3n) is 2.54. The Morgan fingerprint density at radius 1 is 1.20 bits per heavy atom. The predicted octanol–water partition coefficient (Wildman–Crippen LogP) is 2.20. The quantitative estimate of drug-likeness (QED) is 0.764. The van der Waals surface area contributed by atoms with Crippen molar-refractivity contribution in [3.63, 3.8) is 0 Å². The highest BCUT2D eigenvalue weighted by atomic mass is 79.9. The minimum absolute atomic E-state index is 0.227. The fourth-order valence-electron chi connectivity index (χ4n) is 1.48. The van der Waals surface area contributed by atoms with E-state index in [4.69, 9.17) is 5.11 Å². The topological polar surface area (TPSA) is 95.5 Å². The Hall–Kier alpha value is -1.89. The molecule has 0 heterocycles. The van der Waals surface area contributed by atoms with Crippen LogP contribution in [0, 0.1) is 0 Å². The number of hydrogen-bond donors (Lipinski definition) is 3. The Morgan fingerprint density at radius 2 is 1.80 bits per heavy atom. The molecule has 108 valence electrons. The third-order valence-corrected chi connectivity index (χ3v) is 3.07. The van der Waals surface area contributed by atoms with Crippen LogP contribution in [0.4, 0.5) is 4.79 Å². The van der Waals surface area contributed by atoms with Gasteiger partial charge < -0.3 is 10.4 Å². The number of imide groups is 1. The molecule has 0 radical (unpaired) electrons. The van der Waals surface area contributed by atoms with Gasteiger partial charge in [-0.15, -0.1) is 0 Å². The first kappa shape index (κ1) is 16.2. The molecule has 3 amide bonds. The Morgan fingerprint density at radius 3 is 2.35 bits per heavy atom. The standard InChI is InChI=1S/C13H15BrN2O4/c1-8(9-2-4-10(14)5-3-9)15-13(20)16-11(17)6-7-12(18)19/h2-5,8H,6-7H2,1H3,(H,18,19)(H2,15,16,17,20). The average molecular weight is 343 g/mol. The SMILES string of the molecule is CC(NC(=O)NC(=O)CCC(=O)O)c1ccc(Br)cc1. The largest absolute Gasteiger partial charge is 0.481 e. The fraction of sp³-hybridized carbons (Fsp3) is 0.308. The molecular formula is C13H15BrN2O4. The van der Waals surface area contributed by atoms with E-state index >= 15 is 0 Å². The van der Waals surface area contributed by atoms with Gasteiger partial charge in [0.2, 0.25) is 5.91 Å². The summed E-state index contributed by atoms with van der Waals surface area (Å²) < 4.78 is 0.932. The number of nitrogens with one attached hydrogen (secondary N) is 2. The lowest BCUT2D eigenvalue weighted by Crippen LogP contribution is -2.40. The molecule has 0 aliphatic heterocycles. The van der Waals surface area contributed by atoms with Gasteiger partial charge in [-0.05, 0) is 24.6 Å². The van der Waals surface area contributed by atoms with Crippen LogP contribution >= 0.6 is 15.9 Å². The van der Waals surface area contributed by atoms with Crippen molar-refractivity contribution in [1.29, 1.82) is 0 Å². The Bertz CT molecular complexity index is 502. The van der Waals surface area contributed by atoms with E-state index in [0.717, 1.165) is 10.0 Å². The van der Waals surface area contributed by atoms with Gasteiger partial charge in [0, 0.05) is 10.9 Å². The first-order valence-electron chi connectivity index (χ1n) is 5.96. The number of carbonyl (C=O) groups excluding carboxylic acids is 2. The van der Waals surface area contributed by atoms with Gasteiger partial charge in [0.1, 0.15) is 0 Å². The molecule has 1 aromatic rings. The van der Waals surface area contributed by atoms with Gasteiger partial charge in [0.05, 0.1) is 12.5 Å². The van der Waals surface area contributed by atoms with Crippen LogP contribution < -0.4 is 10.6 Å². The molecule has 20 heavy (non-hydrogen) atoms. The lowest BCUT2D eigenvalue weighted by Gasteiger charge is -2.14. The minimum Gasteiger partial charge on any atom is -0.481 e. The second-order valence-electron chi connectivity index (χ2n) is 4.19. The van der Waals surface area contributed by atoms with E-state index < -0.39 is 17.9 Å². The molecule has 0 saturated heterocycles. The highest BCUT2D eigenvalue weighted by Gasteiger charge is 2.12. The summed E-state index contributed by atoms with van der Waals surface area (Å²) in [5.74, 6) is -1.70. The summed E-state index contributed by atoms with van der Waals surface area (Å²) in [4.78, 5) is 33.1. The number of aliphatic carboxylic acids is 1. The number of carbonyl (C=O) groups is 3. The maximum absolute atomic E-state index is 11.5. The zero-order valence-corrected chi connectivity index (χ0v) is 12.4. The molecule has 7 heteroatoms. The van der Waals surface area contributed by atoms with Crippen LogP contribution in [0.2, 0.25) is 0 Å². The molecular weight excluding hydrogens is 328 g/mol. The molecule has 0 aromatic heterocycles. The second kappa shape index (κ2) is 7.64. The number of hydrogen-bond acceptors (Lipinski definition) is 3. The first-order valence-corrected chi connectivity index (χ1v) is 6.75. The van der Waals surface area contributed by atoms with Crippen LogP contribution in [0.15, 0.2) is 28.7 Å². The lowest BCUT2D eigenvalue weighted by molar-refractivity contribution is -0.138. The molecule has 0 aliphatic rings. The van der Waals surface area contributed by atoms with Crippen LogP contribution in [0.5, 0.6) is 0 Å². The van der Waals surface area contributed by atoms with Crippen LogP contribution in [0.1, 0.15) is 31.4 Å². The van der Waals surface area contributed by atoms with Crippen molar-refractivity contribution in [3.05, 3.63) is 34.3 Å². The van der Waals surface area contributed by atoms with Crippen LogP contribution in [0.3, 0.4) is 0 Å². The molecule has 3 N–H and O–H groups in total. The van der Waals surface area contributed by atoms with E-state index in [1.807, 2.05) is 24.3 Å². The van der Waals surface area contributed by atoms with Crippen molar-refractivity contribution in [2.24, 2.45) is 0 Å². The number of amides is 3. The van der Waals surface area contributed by atoms with Gasteiger partial charge in [-0.2, -0.15) is 0 Å². The zero-order valence-electron chi connectivity index (χ0n) is 10.9. The van der Waals surface area contributed by atoms with Crippen LogP contribution in [-0.4, -0.2) is 23.0 Å². The molecule has 1 aromatic carbocycles. The van der Waals surface area contributed by atoms with Gasteiger partial charge in [-0.1, -0.05) is 28.1 Å². The Kier molecular flexibility index (Phi) is 6.17. The number of rotatable bonds is 5. The highest BCUT2D eigenvalue weighted by molar-refractivity contribution is 9.10. The molecule has 1 atom stereocenters. The van der Waals surface area contributed by atoms with Gasteiger partial charge in [0.25, 0.3) is 0 Å². The first-order chi connectivity index (χ1) is 9.38. The van der Waals surface area contributed by atoms with E-state index in [9.17, 15) is 14.4 Å². The van der Waals surface area contributed by atoms with Crippen LogP contribution in [0.25, 0.3) is 0 Å². The Labute approximate surface area is 124 Å². The summed E-state index contributed by atoms with van der Waals surface area (Å²) in [5, 5.41) is 13.1. The minimum atomic E-state index is -1.08. The van der Waals surface area contributed by atoms with Gasteiger partial charge in [-0.25, -0.2) is 4.79 Å². The van der Waals surface area contributed by atoms with Crippen molar-refractivity contribution < 1.29 is 19.5 Å². The van der Waals surface area contributed by atoms with Crippen LogP contribution in [-0.2, 0) is 9.59 Å². The number of carboxylic acids is 1. The van der Waals surface area contributed by atoms with Crippen molar-refractivity contribution in [3.8, 4) is 0 Å². The number of carboxylic acid groups (broad SMARTS) is 1. The number of halogens is 1. The van der Waals surface area contributed by atoms with E-state index in [2.05, 4.69) is 26.6 Å². The maximum Gasteiger partial charge on any atom is 0.321 e. The lowest BCUT2D eigenvalue weighted by atomic mass is 10.1. The van der Waals surface area contributed by atoms with E-state index in [0.29, 0.717) is 0 Å². The fourth-order valence-corrected chi connectivity index (χ4v) is 1.74. The molecule has 1 rings (SSSR count). The smallest absolute Gasteiger partial charge is 0.321 e. The summed E-state index contributed by atoms with van der Waals surface area (Å²) in [6, 6.07) is 6.49. The van der Waals surface area contributed by atoms with Gasteiger partial charge in [-0.3, -0.25) is 14.9 Å². The normalized spacial score (nSPS) is 11.5. The van der Waals surface area contributed by atoms with Crippen molar-refractivity contribution >= 4 is 33.8 Å². The molecule has 0 fully saturated rings. The molecule has 0 bridgehead atoms. The molecule has 1 unspecified atom stereocenters. The highest BCUT2D eigenvalue weighted by Crippen LogP contribution is 2.16. The summed E-state index contributed by atoms with van der Waals surface area (Å²) in [5.41, 5.74) is 0.890. The molecule has 0 spiro atoms. The van der Waals surface area contributed by atoms with Gasteiger partial charge >= 0.3 is 12.0 Å². The third kappa shape index (κ3) is 5.83. The monoisotopic (exact) mass is 342 g/mol. The second-order valence-corrected chi connectivity index (χ2v) is 5.10. The molecule has 6 nitrogen and oxygen atoms in total.